The summed E-state index contributed by atoms with van der Waals surface area (Å²) in [6.07, 6.45) is 1.66. The first kappa shape index (κ1) is 16.6. The Balaban J connectivity index is 1.74. The molecule has 0 unspecified atom stereocenters. The molecule has 0 saturated carbocycles. The summed E-state index contributed by atoms with van der Waals surface area (Å²) in [5.74, 6) is -0.298. The topological polar surface area (TPSA) is 93.2 Å². The number of esters is 1. The van der Waals surface area contributed by atoms with Crippen LogP contribution >= 0.6 is 11.3 Å². The minimum absolute atomic E-state index is 0.239. The van der Waals surface area contributed by atoms with Gasteiger partial charge in [-0.15, -0.1) is 11.3 Å². The van der Waals surface area contributed by atoms with Crippen molar-refractivity contribution in [1.82, 2.24) is 9.97 Å². The molecule has 2 N–H and O–H groups in total. The summed E-state index contributed by atoms with van der Waals surface area (Å²) in [6, 6.07) is 12.1. The number of thiazole rings is 1. The highest BCUT2D eigenvalue weighted by Gasteiger charge is 2.16. The summed E-state index contributed by atoms with van der Waals surface area (Å²) < 4.78 is 4.71. The fourth-order valence-electron chi connectivity index (χ4n) is 2.05. The third kappa shape index (κ3) is 3.99. The second kappa shape index (κ2) is 7.54. The molecule has 0 aliphatic carbocycles. The predicted octanol–water partition coefficient (Wildman–Crippen LogP) is 3.32. The van der Waals surface area contributed by atoms with Crippen molar-refractivity contribution in [1.29, 1.82) is 0 Å². The maximum Gasteiger partial charge on any atom is 0.339 e. The van der Waals surface area contributed by atoms with Crippen LogP contribution in [0.1, 0.15) is 20.8 Å². The van der Waals surface area contributed by atoms with E-state index < -0.39 is 11.9 Å². The molecule has 3 rings (SSSR count). The van der Waals surface area contributed by atoms with Crippen molar-refractivity contribution in [3.63, 3.8) is 0 Å². The molecule has 2 aromatic heterocycles. The Morgan fingerprint density at radius 1 is 1.12 bits per heavy atom. The molecule has 0 aliphatic heterocycles. The van der Waals surface area contributed by atoms with Gasteiger partial charge < -0.3 is 15.4 Å². The van der Waals surface area contributed by atoms with E-state index in [9.17, 15) is 9.59 Å². The summed E-state index contributed by atoms with van der Waals surface area (Å²) in [4.78, 5) is 32.5. The number of methoxy groups -OCH3 is 1. The molecule has 0 radical (unpaired) electrons. The number of aromatic nitrogens is 2. The van der Waals surface area contributed by atoms with Gasteiger partial charge >= 0.3 is 5.97 Å². The van der Waals surface area contributed by atoms with Gasteiger partial charge in [-0.05, 0) is 24.3 Å². The van der Waals surface area contributed by atoms with Crippen LogP contribution in [0.25, 0.3) is 0 Å². The molecule has 0 spiro atoms. The molecule has 2 heterocycles. The average Bonchev–Trinajstić information content (AvgIpc) is 3.11. The van der Waals surface area contributed by atoms with Crippen molar-refractivity contribution in [3.8, 4) is 0 Å². The highest BCUT2D eigenvalue weighted by Crippen LogP contribution is 2.21. The van der Waals surface area contributed by atoms with Crippen molar-refractivity contribution >= 4 is 39.9 Å². The van der Waals surface area contributed by atoms with E-state index in [4.69, 9.17) is 4.74 Å². The van der Waals surface area contributed by atoms with Crippen LogP contribution in [-0.2, 0) is 4.74 Å². The summed E-state index contributed by atoms with van der Waals surface area (Å²) in [6.45, 7) is 0. The van der Waals surface area contributed by atoms with Crippen molar-refractivity contribution in [2.24, 2.45) is 0 Å². The Morgan fingerprint density at radius 2 is 1.92 bits per heavy atom. The fourth-order valence-corrected chi connectivity index (χ4v) is 2.75. The van der Waals surface area contributed by atoms with E-state index in [2.05, 4.69) is 20.6 Å². The molecule has 0 aliphatic rings. The van der Waals surface area contributed by atoms with Crippen LogP contribution in [0, 0.1) is 0 Å². The smallest absolute Gasteiger partial charge is 0.339 e. The number of hydrogen-bond acceptors (Lipinski definition) is 7. The molecule has 0 atom stereocenters. The van der Waals surface area contributed by atoms with E-state index in [0.717, 1.165) is 0 Å². The number of nitrogens with one attached hydrogen (secondary N) is 2. The van der Waals surface area contributed by atoms with Gasteiger partial charge in [0.05, 0.1) is 18.4 Å². The van der Waals surface area contributed by atoms with Crippen LogP contribution in [0.2, 0.25) is 0 Å². The maximum atomic E-state index is 12.4. The predicted molar refractivity (Wildman–Crippen MR) is 95.4 cm³/mol. The molecule has 0 fully saturated rings. The summed E-state index contributed by atoms with van der Waals surface area (Å²) >= 11 is 1.28. The van der Waals surface area contributed by atoms with Crippen molar-refractivity contribution < 1.29 is 14.3 Å². The number of hydrogen-bond donors (Lipinski definition) is 2. The SMILES string of the molecule is COC(=O)c1ccccc1NC(=O)c1csc(Nc2ccccn2)n1. The van der Waals surface area contributed by atoms with Gasteiger partial charge in [0.15, 0.2) is 5.13 Å². The lowest BCUT2D eigenvalue weighted by Crippen LogP contribution is -2.15. The first-order valence-corrected chi connectivity index (χ1v) is 8.17. The largest absolute Gasteiger partial charge is 0.465 e. The summed E-state index contributed by atoms with van der Waals surface area (Å²) in [7, 11) is 1.29. The molecule has 3 aromatic rings. The van der Waals surface area contributed by atoms with Crippen LogP contribution < -0.4 is 10.6 Å². The maximum absolute atomic E-state index is 12.4. The van der Waals surface area contributed by atoms with Crippen LogP contribution in [0.3, 0.4) is 0 Å². The van der Waals surface area contributed by atoms with Gasteiger partial charge in [-0.25, -0.2) is 14.8 Å². The Bertz CT molecular complexity index is 896. The highest BCUT2D eigenvalue weighted by atomic mass is 32.1. The van der Waals surface area contributed by atoms with Gasteiger partial charge in [-0.1, -0.05) is 18.2 Å². The first-order valence-electron chi connectivity index (χ1n) is 7.29. The molecule has 0 bridgehead atoms. The molecule has 1 aromatic carbocycles. The number of ether oxygens (including phenoxy) is 1. The van der Waals surface area contributed by atoms with Gasteiger partial charge in [0, 0.05) is 11.6 Å². The summed E-state index contributed by atoms with van der Waals surface area (Å²) in [5, 5.41) is 7.88. The minimum Gasteiger partial charge on any atom is -0.465 e. The zero-order chi connectivity index (χ0) is 17.6. The van der Waals surface area contributed by atoms with E-state index in [1.807, 2.05) is 12.1 Å². The Morgan fingerprint density at radius 3 is 2.68 bits per heavy atom. The first-order chi connectivity index (χ1) is 12.2. The average molecular weight is 354 g/mol. The summed E-state index contributed by atoms with van der Waals surface area (Å²) in [5.41, 5.74) is 0.884. The second-order valence-corrected chi connectivity index (χ2v) is 5.73. The van der Waals surface area contributed by atoms with Gasteiger partial charge in [-0.3, -0.25) is 4.79 Å². The van der Waals surface area contributed by atoms with Gasteiger partial charge in [-0.2, -0.15) is 0 Å². The Hall–Kier alpha value is -3.26. The molecule has 25 heavy (non-hydrogen) atoms. The third-order valence-corrected chi connectivity index (χ3v) is 3.98. The van der Waals surface area contributed by atoms with Crippen LogP contribution in [0.5, 0.6) is 0 Å². The zero-order valence-electron chi connectivity index (χ0n) is 13.2. The number of rotatable bonds is 5. The lowest BCUT2D eigenvalue weighted by atomic mass is 10.2. The zero-order valence-corrected chi connectivity index (χ0v) is 14.0. The molecule has 8 heteroatoms. The molecule has 1 amide bonds. The van der Waals surface area contributed by atoms with E-state index in [1.165, 1.54) is 18.4 Å². The second-order valence-electron chi connectivity index (χ2n) is 4.87. The molecule has 0 saturated heterocycles. The molecule has 126 valence electrons. The Kier molecular flexibility index (Phi) is 5.00. The standard InChI is InChI=1S/C17H14N4O3S/c1-24-16(23)11-6-2-3-7-12(11)19-15(22)13-10-25-17(20-13)21-14-8-4-5-9-18-14/h2-10H,1H3,(H,19,22)(H,18,20,21). The minimum atomic E-state index is -0.522. The number of para-hydroxylation sites is 1. The quantitative estimate of drug-likeness (QED) is 0.683. The number of amides is 1. The molecular weight excluding hydrogens is 340 g/mol. The number of nitrogens with zero attached hydrogens (tertiary/aromatic N) is 2. The van der Waals surface area contributed by atoms with Crippen molar-refractivity contribution in [2.75, 3.05) is 17.7 Å². The number of anilines is 3. The third-order valence-electron chi connectivity index (χ3n) is 3.22. The number of carbonyl (C=O) groups is 2. The van der Waals surface area contributed by atoms with Crippen molar-refractivity contribution in [3.05, 3.63) is 65.3 Å². The van der Waals surface area contributed by atoms with E-state index in [-0.39, 0.29) is 11.3 Å². The van der Waals surface area contributed by atoms with E-state index in [0.29, 0.717) is 16.6 Å². The normalized spacial score (nSPS) is 10.1. The molecular formula is C17H14N4O3S. The number of carbonyl (C=O) groups excluding carboxylic acids is 2. The Labute approximate surface area is 147 Å². The van der Waals surface area contributed by atoms with Gasteiger partial charge in [0.1, 0.15) is 11.5 Å². The van der Waals surface area contributed by atoms with E-state index >= 15 is 0 Å². The molecule has 7 nitrogen and oxygen atoms in total. The lowest BCUT2D eigenvalue weighted by molar-refractivity contribution is 0.0602. The van der Waals surface area contributed by atoms with Gasteiger partial charge in [0.2, 0.25) is 0 Å². The van der Waals surface area contributed by atoms with Crippen LogP contribution in [0.15, 0.2) is 54.0 Å². The van der Waals surface area contributed by atoms with E-state index in [1.54, 1.807) is 41.9 Å². The lowest BCUT2D eigenvalue weighted by Gasteiger charge is -2.08. The van der Waals surface area contributed by atoms with Crippen molar-refractivity contribution in [2.45, 2.75) is 0 Å². The highest BCUT2D eigenvalue weighted by molar-refractivity contribution is 7.14. The van der Waals surface area contributed by atoms with Gasteiger partial charge in [0.25, 0.3) is 5.91 Å². The van der Waals surface area contributed by atoms with Crippen LogP contribution in [0.4, 0.5) is 16.6 Å². The monoisotopic (exact) mass is 354 g/mol. The number of pyridine rings is 1. The fraction of sp³-hybridized carbons (Fsp3) is 0.0588. The van der Waals surface area contributed by atoms with Crippen LogP contribution in [-0.4, -0.2) is 29.0 Å². The number of benzene rings is 1.